The van der Waals surface area contributed by atoms with Gasteiger partial charge in [0, 0.05) is 48.6 Å². The summed E-state index contributed by atoms with van der Waals surface area (Å²) >= 11 is 6.18. The van der Waals surface area contributed by atoms with E-state index >= 15 is 4.39 Å². The molecule has 1 atom stereocenters. The molecule has 10 heteroatoms. The van der Waals surface area contributed by atoms with Crippen LogP contribution in [0.5, 0.6) is 0 Å². The number of allylic oxidation sites excluding steroid dienone is 1. The maximum absolute atomic E-state index is 15.2. The van der Waals surface area contributed by atoms with Crippen molar-refractivity contribution in [3.05, 3.63) is 75.1 Å². The molecule has 0 aromatic heterocycles. The van der Waals surface area contributed by atoms with Gasteiger partial charge in [-0.05, 0) is 98.0 Å². The van der Waals surface area contributed by atoms with Gasteiger partial charge >= 0.3 is 0 Å². The highest BCUT2D eigenvalue weighted by Crippen LogP contribution is 2.45. The lowest BCUT2D eigenvalue weighted by atomic mass is 9.71. The maximum Gasteiger partial charge on any atom is 0.258 e. The van der Waals surface area contributed by atoms with E-state index in [0.29, 0.717) is 18.7 Å². The predicted molar refractivity (Wildman–Crippen MR) is 172 cm³/mol. The summed E-state index contributed by atoms with van der Waals surface area (Å²) in [5.41, 5.74) is 5.14. The van der Waals surface area contributed by atoms with Crippen molar-refractivity contribution in [1.82, 2.24) is 20.0 Å². The molecular weight excluding hydrogens is 607 g/mol. The number of rotatable bonds is 5. The number of hydrogen-bond donors (Lipinski definition) is 1. The van der Waals surface area contributed by atoms with Crippen molar-refractivity contribution in [2.24, 2.45) is 10.8 Å². The van der Waals surface area contributed by atoms with Crippen LogP contribution in [-0.2, 0) is 16.1 Å². The van der Waals surface area contributed by atoms with Crippen molar-refractivity contribution < 1.29 is 23.6 Å². The number of likely N-dealkylation sites (tertiary alicyclic amines) is 2. The van der Waals surface area contributed by atoms with Gasteiger partial charge < -0.3 is 9.80 Å². The maximum atomic E-state index is 15.2. The van der Waals surface area contributed by atoms with Crippen molar-refractivity contribution in [2.45, 2.75) is 71.4 Å². The average molecular weight is 647 g/mol. The van der Waals surface area contributed by atoms with Crippen LogP contribution >= 0.6 is 11.6 Å². The van der Waals surface area contributed by atoms with E-state index in [2.05, 4.69) is 36.2 Å². The summed E-state index contributed by atoms with van der Waals surface area (Å²) in [7, 11) is 0. The molecule has 242 valence electrons. The molecule has 1 N–H and O–H groups in total. The van der Waals surface area contributed by atoms with Gasteiger partial charge in [0.25, 0.3) is 11.8 Å². The van der Waals surface area contributed by atoms with Gasteiger partial charge in [0.05, 0.1) is 5.56 Å². The number of piperidine rings is 2. The van der Waals surface area contributed by atoms with Crippen LogP contribution in [0, 0.1) is 16.6 Å². The Hall–Kier alpha value is -3.56. The zero-order valence-corrected chi connectivity index (χ0v) is 27.2. The number of amides is 4. The number of halogens is 2. The molecular formula is C36H40ClFN4O4. The van der Waals surface area contributed by atoms with Crippen LogP contribution in [0.3, 0.4) is 0 Å². The first-order valence-corrected chi connectivity index (χ1v) is 16.7. The Morgan fingerprint density at radius 1 is 1.02 bits per heavy atom. The second kappa shape index (κ2) is 11.6. The van der Waals surface area contributed by atoms with Crippen molar-refractivity contribution in [1.29, 1.82) is 0 Å². The molecule has 3 fully saturated rings. The first-order valence-electron chi connectivity index (χ1n) is 16.4. The van der Waals surface area contributed by atoms with Gasteiger partial charge in [0.1, 0.15) is 11.9 Å². The monoisotopic (exact) mass is 646 g/mol. The SMILES string of the molecule is CC1(C)CCC(CN2CCC3(CC2)CN(C(=O)c2cc(F)c4c(c2)CN(C2CCC(=O)NC2=O)C4=O)C3)=C(c2ccc(Cl)cc2)C1. The fourth-order valence-electron chi connectivity index (χ4n) is 8.11. The molecule has 0 radical (unpaired) electrons. The number of hydrogen-bond acceptors (Lipinski definition) is 5. The lowest BCUT2D eigenvalue weighted by molar-refractivity contribution is -0.136. The molecule has 46 heavy (non-hydrogen) atoms. The molecule has 1 aliphatic carbocycles. The topological polar surface area (TPSA) is 90.0 Å². The van der Waals surface area contributed by atoms with Crippen LogP contribution in [-0.4, -0.2) is 77.1 Å². The van der Waals surface area contributed by atoms with Crippen LogP contribution < -0.4 is 5.32 Å². The van der Waals surface area contributed by atoms with Crippen molar-refractivity contribution >= 4 is 40.8 Å². The molecule has 4 heterocycles. The summed E-state index contributed by atoms with van der Waals surface area (Å²) < 4.78 is 15.2. The Morgan fingerprint density at radius 3 is 2.43 bits per heavy atom. The van der Waals surface area contributed by atoms with E-state index in [1.54, 1.807) is 11.0 Å². The molecule has 4 aliphatic heterocycles. The molecule has 2 aromatic rings. The molecule has 7 rings (SSSR count). The second-order valence-electron chi connectivity index (χ2n) is 14.8. The standard InChI is InChI=1S/C36H40ClFN4O4/c1-35(2)10-9-23(27(17-35)22-3-5-26(37)6-4-22)18-40-13-11-36(12-14-40)20-41(21-36)33(45)24-15-25-19-42(34(46)31(25)28(38)16-24)29-7-8-30(43)39-32(29)44/h3-6,15-16,29H,7-14,17-21H2,1-2H3,(H,39,43,44). The van der Waals surface area contributed by atoms with Crippen molar-refractivity contribution in [3.8, 4) is 0 Å². The Labute approximate surface area is 273 Å². The average Bonchev–Trinajstić information content (AvgIpc) is 3.33. The number of benzene rings is 2. The van der Waals surface area contributed by atoms with Crippen molar-refractivity contribution in [3.63, 3.8) is 0 Å². The number of fused-ring (bicyclic) bond motifs is 1. The number of nitrogens with one attached hydrogen (secondary N) is 1. The lowest BCUT2D eigenvalue weighted by Crippen LogP contribution is -2.62. The third kappa shape index (κ3) is 5.77. The van der Waals surface area contributed by atoms with E-state index in [9.17, 15) is 19.2 Å². The van der Waals surface area contributed by atoms with E-state index in [-0.39, 0.29) is 53.2 Å². The van der Waals surface area contributed by atoms with Gasteiger partial charge in [0.15, 0.2) is 0 Å². The highest BCUT2D eigenvalue weighted by Gasteiger charge is 2.47. The van der Waals surface area contributed by atoms with Crippen LogP contribution in [0.4, 0.5) is 4.39 Å². The van der Waals surface area contributed by atoms with Crippen LogP contribution in [0.15, 0.2) is 42.0 Å². The largest absolute Gasteiger partial charge is 0.337 e. The number of carbonyl (C=O) groups is 4. The molecule has 1 spiro atoms. The summed E-state index contributed by atoms with van der Waals surface area (Å²) in [4.78, 5) is 56.1. The van der Waals surface area contributed by atoms with Crippen LogP contribution in [0.2, 0.25) is 5.02 Å². The summed E-state index contributed by atoms with van der Waals surface area (Å²) in [6, 6.07) is 10.2. The molecule has 0 bridgehead atoms. The van der Waals surface area contributed by atoms with Crippen molar-refractivity contribution in [2.75, 3.05) is 32.7 Å². The van der Waals surface area contributed by atoms with E-state index in [0.717, 1.165) is 56.4 Å². The molecule has 8 nitrogen and oxygen atoms in total. The molecule has 5 aliphatic rings. The summed E-state index contributed by atoms with van der Waals surface area (Å²) in [6.07, 6.45) is 5.69. The van der Waals surface area contributed by atoms with Crippen LogP contribution in [0.1, 0.15) is 90.6 Å². The van der Waals surface area contributed by atoms with E-state index in [4.69, 9.17) is 11.6 Å². The van der Waals surface area contributed by atoms with E-state index in [1.165, 1.54) is 28.0 Å². The number of imide groups is 1. The molecule has 2 aromatic carbocycles. The minimum Gasteiger partial charge on any atom is -0.337 e. The number of carbonyl (C=O) groups excluding carboxylic acids is 4. The summed E-state index contributed by atoms with van der Waals surface area (Å²) in [6.45, 7) is 8.95. The quantitative estimate of drug-likeness (QED) is 0.437. The minimum atomic E-state index is -0.831. The Morgan fingerprint density at radius 2 is 1.74 bits per heavy atom. The molecule has 3 saturated heterocycles. The zero-order chi connectivity index (χ0) is 32.4. The Bertz CT molecular complexity index is 1650. The van der Waals surface area contributed by atoms with Gasteiger partial charge in [-0.3, -0.25) is 29.4 Å². The van der Waals surface area contributed by atoms with Crippen LogP contribution in [0.25, 0.3) is 5.57 Å². The highest BCUT2D eigenvalue weighted by molar-refractivity contribution is 6.30. The fraction of sp³-hybridized carbons (Fsp3) is 0.500. The first kappa shape index (κ1) is 31.1. The van der Waals surface area contributed by atoms with Gasteiger partial charge in [-0.15, -0.1) is 0 Å². The fourth-order valence-corrected chi connectivity index (χ4v) is 8.23. The normalized spacial score (nSPS) is 24.3. The van der Waals surface area contributed by atoms with Gasteiger partial charge in [-0.2, -0.15) is 0 Å². The number of nitrogens with zero attached hydrogens (tertiary/aromatic N) is 3. The highest BCUT2D eigenvalue weighted by atomic mass is 35.5. The Kier molecular flexibility index (Phi) is 7.83. The molecule has 1 unspecified atom stereocenters. The lowest BCUT2D eigenvalue weighted by Gasteiger charge is -2.54. The first-order chi connectivity index (χ1) is 21.9. The van der Waals surface area contributed by atoms with Gasteiger partial charge in [-0.1, -0.05) is 43.2 Å². The summed E-state index contributed by atoms with van der Waals surface area (Å²) in [5, 5.41) is 3.01. The predicted octanol–water partition coefficient (Wildman–Crippen LogP) is 5.44. The van der Waals surface area contributed by atoms with Gasteiger partial charge in [0.2, 0.25) is 11.8 Å². The zero-order valence-electron chi connectivity index (χ0n) is 26.5. The second-order valence-corrected chi connectivity index (χ2v) is 15.2. The van der Waals surface area contributed by atoms with Gasteiger partial charge in [-0.25, -0.2) is 4.39 Å². The smallest absolute Gasteiger partial charge is 0.258 e. The molecule has 0 saturated carbocycles. The molecule has 4 amide bonds. The van der Waals surface area contributed by atoms with E-state index in [1.807, 2.05) is 12.1 Å². The Balaban J connectivity index is 0.974. The van der Waals surface area contributed by atoms with E-state index < -0.39 is 23.7 Å². The third-order valence-electron chi connectivity index (χ3n) is 10.9. The summed E-state index contributed by atoms with van der Waals surface area (Å²) in [5.74, 6) is -2.49. The minimum absolute atomic E-state index is 0.0337. The third-order valence-corrected chi connectivity index (χ3v) is 11.1.